The van der Waals surface area contributed by atoms with Crippen molar-refractivity contribution >= 4 is 33.8 Å². The minimum atomic E-state index is -0.511. The third-order valence-corrected chi connectivity index (χ3v) is 5.63. The molecule has 0 atom stereocenters. The lowest BCUT2D eigenvalue weighted by Crippen LogP contribution is -2.43. The Morgan fingerprint density at radius 3 is 2.47 bits per heavy atom. The van der Waals surface area contributed by atoms with Gasteiger partial charge >= 0.3 is 0 Å². The van der Waals surface area contributed by atoms with Gasteiger partial charge in [-0.1, -0.05) is 54.2 Å². The summed E-state index contributed by atoms with van der Waals surface area (Å²) in [5.74, 6) is 0.277. The first-order valence-corrected chi connectivity index (χ1v) is 10.8. The second kappa shape index (κ2) is 9.73. The van der Waals surface area contributed by atoms with E-state index in [1.165, 1.54) is 4.90 Å². The normalized spacial score (nSPS) is 15.8. The van der Waals surface area contributed by atoms with Gasteiger partial charge in [-0.2, -0.15) is 5.26 Å². The molecular weight excluding hydrogens is 444 g/mol. The predicted octanol–water partition coefficient (Wildman–Crippen LogP) is 5.88. The third kappa shape index (κ3) is 4.63. The molecule has 2 amide bonds. The number of hydrogen-bond acceptors (Lipinski definition) is 4. The smallest absolute Gasteiger partial charge is 0.271 e. The quantitative estimate of drug-likeness (QED) is 0.290. The molecule has 154 valence electrons. The number of imide groups is 1. The molecule has 1 aromatic carbocycles. The Bertz CT molecular complexity index is 1050. The largest absolute Gasteiger partial charge is 0.457 e. The van der Waals surface area contributed by atoms with Crippen LogP contribution in [0.5, 0.6) is 0 Å². The molecule has 0 saturated carbocycles. The van der Waals surface area contributed by atoms with Crippen molar-refractivity contribution in [2.75, 3.05) is 6.54 Å². The highest BCUT2D eigenvalue weighted by atomic mass is 79.9. The van der Waals surface area contributed by atoms with E-state index in [1.54, 1.807) is 19.1 Å². The summed E-state index contributed by atoms with van der Waals surface area (Å²) in [7, 11) is 0. The molecule has 1 aromatic heterocycles. The summed E-state index contributed by atoms with van der Waals surface area (Å²) in [6.45, 7) is 4.05. The average Bonchev–Trinajstić information content (AvgIpc) is 3.20. The summed E-state index contributed by atoms with van der Waals surface area (Å²) in [4.78, 5) is 26.8. The van der Waals surface area contributed by atoms with Crippen LogP contribution in [0, 0.1) is 11.3 Å². The Balaban J connectivity index is 1.91. The second-order valence-corrected chi connectivity index (χ2v) is 8.12. The fraction of sp³-hybridized carbons (Fsp3) is 0.292. The number of nitriles is 1. The Morgan fingerprint density at radius 1 is 1.07 bits per heavy atom. The van der Waals surface area contributed by atoms with Crippen LogP contribution < -0.4 is 0 Å². The fourth-order valence-corrected chi connectivity index (χ4v) is 3.64. The lowest BCUT2D eigenvalue weighted by atomic mass is 9.94. The lowest BCUT2D eigenvalue weighted by Gasteiger charge is -2.27. The zero-order chi connectivity index (χ0) is 21.7. The molecule has 0 fully saturated rings. The van der Waals surface area contributed by atoms with Crippen molar-refractivity contribution in [3.05, 3.63) is 63.4 Å². The third-order valence-electron chi connectivity index (χ3n) is 5.10. The lowest BCUT2D eigenvalue weighted by molar-refractivity contribution is -0.140. The van der Waals surface area contributed by atoms with Crippen molar-refractivity contribution < 1.29 is 14.0 Å². The minimum Gasteiger partial charge on any atom is -0.457 e. The van der Waals surface area contributed by atoms with E-state index in [4.69, 9.17) is 4.42 Å². The van der Waals surface area contributed by atoms with Crippen molar-refractivity contribution in [1.29, 1.82) is 5.26 Å². The fourth-order valence-electron chi connectivity index (χ4n) is 3.37. The molecule has 5 nitrogen and oxygen atoms in total. The van der Waals surface area contributed by atoms with E-state index in [2.05, 4.69) is 22.9 Å². The highest BCUT2D eigenvalue weighted by molar-refractivity contribution is 9.10. The number of furan rings is 1. The molecule has 2 aromatic rings. The number of amides is 2. The summed E-state index contributed by atoms with van der Waals surface area (Å²) >= 11 is 3.41. The van der Waals surface area contributed by atoms with E-state index in [1.807, 2.05) is 36.4 Å². The van der Waals surface area contributed by atoms with E-state index in [9.17, 15) is 14.9 Å². The maximum atomic E-state index is 13.0. The molecule has 0 unspecified atom stereocenters. The molecule has 0 aliphatic carbocycles. The number of nitrogens with zero attached hydrogens (tertiary/aromatic N) is 2. The zero-order valence-electron chi connectivity index (χ0n) is 17.1. The molecule has 3 rings (SSSR count). The predicted molar refractivity (Wildman–Crippen MR) is 119 cm³/mol. The SMILES string of the molecule is CCCCCCN1C(=O)C(C#N)=C(C)/C(=C\c2ccc(-c3ccc(Br)cc3)o2)C1=O. The van der Waals surface area contributed by atoms with E-state index < -0.39 is 5.91 Å². The zero-order valence-corrected chi connectivity index (χ0v) is 18.7. The van der Waals surface area contributed by atoms with Gasteiger partial charge in [-0.3, -0.25) is 14.5 Å². The van der Waals surface area contributed by atoms with E-state index >= 15 is 0 Å². The van der Waals surface area contributed by atoms with Crippen LogP contribution in [-0.2, 0) is 9.59 Å². The first-order valence-electron chi connectivity index (χ1n) is 10.0. The van der Waals surface area contributed by atoms with Crippen LogP contribution in [-0.4, -0.2) is 23.3 Å². The Morgan fingerprint density at radius 2 is 1.80 bits per heavy atom. The minimum absolute atomic E-state index is 0.0102. The topological polar surface area (TPSA) is 74.3 Å². The van der Waals surface area contributed by atoms with Crippen molar-refractivity contribution in [1.82, 2.24) is 4.90 Å². The number of carbonyl (C=O) groups excluding carboxylic acids is 2. The Labute approximate surface area is 184 Å². The van der Waals surface area contributed by atoms with Crippen LogP contribution >= 0.6 is 15.9 Å². The van der Waals surface area contributed by atoms with E-state index in [0.717, 1.165) is 35.7 Å². The molecule has 6 heteroatoms. The second-order valence-electron chi connectivity index (χ2n) is 7.20. The summed E-state index contributed by atoms with van der Waals surface area (Å²) in [6.07, 6.45) is 5.39. The molecule has 0 bridgehead atoms. The number of halogens is 1. The number of carbonyl (C=O) groups is 2. The number of rotatable bonds is 7. The molecule has 30 heavy (non-hydrogen) atoms. The maximum absolute atomic E-state index is 13.0. The molecule has 0 radical (unpaired) electrons. The maximum Gasteiger partial charge on any atom is 0.271 e. The molecule has 0 saturated heterocycles. The first kappa shape index (κ1) is 21.8. The van der Waals surface area contributed by atoms with E-state index in [0.29, 0.717) is 29.2 Å². The highest BCUT2D eigenvalue weighted by Gasteiger charge is 2.35. The van der Waals surface area contributed by atoms with Gasteiger partial charge in [0.25, 0.3) is 11.8 Å². The van der Waals surface area contributed by atoms with Gasteiger partial charge < -0.3 is 4.42 Å². The van der Waals surface area contributed by atoms with Gasteiger partial charge in [-0.05, 0) is 49.3 Å². The monoisotopic (exact) mass is 466 g/mol. The first-order chi connectivity index (χ1) is 14.5. The number of unbranched alkanes of at least 4 members (excludes halogenated alkanes) is 3. The molecule has 1 aliphatic rings. The van der Waals surface area contributed by atoms with Gasteiger partial charge in [0.15, 0.2) is 0 Å². The summed E-state index contributed by atoms with van der Waals surface area (Å²) in [5, 5.41) is 9.48. The van der Waals surface area contributed by atoms with Gasteiger partial charge in [0, 0.05) is 22.2 Å². The van der Waals surface area contributed by atoms with Crippen LogP contribution in [0.15, 0.2) is 62.0 Å². The van der Waals surface area contributed by atoms with Crippen molar-refractivity contribution in [3.8, 4) is 17.4 Å². The van der Waals surface area contributed by atoms with Crippen LogP contribution in [0.4, 0.5) is 0 Å². The molecule has 0 spiro atoms. The van der Waals surface area contributed by atoms with Gasteiger partial charge in [-0.25, -0.2) is 0 Å². The molecule has 0 N–H and O–H groups in total. The van der Waals surface area contributed by atoms with Crippen molar-refractivity contribution in [3.63, 3.8) is 0 Å². The van der Waals surface area contributed by atoms with Crippen molar-refractivity contribution in [2.45, 2.75) is 39.5 Å². The van der Waals surface area contributed by atoms with Crippen LogP contribution in [0.1, 0.15) is 45.3 Å². The molecule has 1 aliphatic heterocycles. The van der Waals surface area contributed by atoms with Gasteiger partial charge in [0.2, 0.25) is 0 Å². The van der Waals surface area contributed by atoms with Gasteiger partial charge in [-0.15, -0.1) is 0 Å². The molecule has 2 heterocycles. The van der Waals surface area contributed by atoms with Crippen LogP contribution in [0.25, 0.3) is 17.4 Å². The summed E-state index contributed by atoms with van der Waals surface area (Å²) in [6, 6.07) is 13.3. The van der Waals surface area contributed by atoms with Gasteiger partial charge in [0.05, 0.1) is 0 Å². The van der Waals surface area contributed by atoms with Crippen LogP contribution in [0.3, 0.4) is 0 Å². The number of hydrogen-bond donors (Lipinski definition) is 0. The standard InChI is InChI=1S/C24H23BrN2O3/c1-3-4-5-6-13-27-23(28)20(16(2)21(15-26)24(27)29)14-19-11-12-22(30-19)17-7-9-18(25)10-8-17/h7-12,14H,3-6,13H2,1-2H3/b20-14+. The highest BCUT2D eigenvalue weighted by Crippen LogP contribution is 2.30. The van der Waals surface area contributed by atoms with Crippen molar-refractivity contribution in [2.24, 2.45) is 0 Å². The number of benzene rings is 1. The summed E-state index contributed by atoms with van der Waals surface area (Å²) < 4.78 is 6.87. The van der Waals surface area contributed by atoms with Gasteiger partial charge in [0.1, 0.15) is 23.2 Å². The Hall–Kier alpha value is -2.91. The summed E-state index contributed by atoms with van der Waals surface area (Å²) in [5.41, 5.74) is 1.63. The Kier molecular flexibility index (Phi) is 7.07. The van der Waals surface area contributed by atoms with Crippen LogP contribution in [0.2, 0.25) is 0 Å². The molecular formula is C24H23BrN2O3. The van der Waals surface area contributed by atoms with E-state index in [-0.39, 0.29) is 11.5 Å². The average molecular weight is 467 g/mol.